The third-order valence-electron chi connectivity index (χ3n) is 5.35. The maximum absolute atomic E-state index is 12.2. The van der Waals surface area contributed by atoms with Crippen molar-refractivity contribution >= 4 is 28.8 Å². The maximum Gasteiger partial charge on any atom is 0.319 e. The van der Waals surface area contributed by atoms with Crippen LogP contribution in [0.1, 0.15) is 12.8 Å². The number of anilines is 2. The average Bonchev–Trinajstić information content (AvgIpc) is 3.39. The number of hydrogen-bond donors (Lipinski definition) is 2. The van der Waals surface area contributed by atoms with Crippen LogP contribution >= 0.6 is 0 Å². The van der Waals surface area contributed by atoms with Crippen molar-refractivity contribution in [3.8, 4) is 11.5 Å². The molecule has 0 saturated carbocycles. The van der Waals surface area contributed by atoms with E-state index in [1.807, 2.05) is 24.3 Å². The molecule has 0 bridgehead atoms. The molecular formula is C21H22N4O4. The number of nitrogens with zero attached hydrogens (tertiary/aromatic N) is 2. The number of oxazole rings is 1. The fourth-order valence-electron chi connectivity index (χ4n) is 3.71. The summed E-state index contributed by atoms with van der Waals surface area (Å²) >= 11 is 0. The Labute approximate surface area is 167 Å². The van der Waals surface area contributed by atoms with Crippen molar-refractivity contribution in [3.05, 3.63) is 42.5 Å². The number of benzene rings is 2. The van der Waals surface area contributed by atoms with Crippen LogP contribution < -0.4 is 25.0 Å². The summed E-state index contributed by atoms with van der Waals surface area (Å²) in [5.74, 6) is 1.77. The number of fused-ring (bicyclic) bond motifs is 2. The molecule has 2 N–H and O–H groups in total. The van der Waals surface area contributed by atoms with Crippen LogP contribution in [-0.2, 0) is 0 Å². The molecule has 29 heavy (non-hydrogen) atoms. The van der Waals surface area contributed by atoms with Gasteiger partial charge in [0.1, 0.15) is 5.52 Å². The van der Waals surface area contributed by atoms with Gasteiger partial charge in [0.05, 0.1) is 0 Å². The van der Waals surface area contributed by atoms with Gasteiger partial charge in [0, 0.05) is 31.4 Å². The lowest BCUT2D eigenvalue weighted by atomic mass is 9.97. The quantitative estimate of drug-likeness (QED) is 0.703. The van der Waals surface area contributed by atoms with Crippen LogP contribution in [0.5, 0.6) is 11.5 Å². The van der Waals surface area contributed by atoms with Gasteiger partial charge in [0.2, 0.25) is 6.79 Å². The summed E-state index contributed by atoms with van der Waals surface area (Å²) < 4.78 is 16.5. The zero-order chi connectivity index (χ0) is 19.6. The van der Waals surface area contributed by atoms with Gasteiger partial charge in [-0.1, -0.05) is 12.1 Å². The molecule has 1 saturated heterocycles. The largest absolute Gasteiger partial charge is 0.454 e. The van der Waals surface area contributed by atoms with Crippen LogP contribution in [0.3, 0.4) is 0 Å². The number of piperidine rings is 1. The number of para-hydroxylation sites is 2. The average molecular weight is 394 g/mol. The van der Waals surface area contributed by atoms with E-state index in [1.165, 1.54) is 0 Å². The van der Waals surface area contributed by atoms with E-state index in [0.717, 1.165) is 37.0 Å². The van der Waals surface area contributed by atoms with E-state index < -0.39 is 0 Å². The normalized spacial score (nSPS) is 16.2. The minimum absolute atomic E-state index is 0.216. The van der Waals surface area contributed by atoms with Gasteiger partial charge in [0.25, 0.3) is 6.01 Å². The lowest BCUT2D eigenvalue weighted by molar-refractivity contribution is 0.174. The smallest absolute Gasteiger partial charge is 0.319 e. The van der Waals surface area contributed by atoms with Gasteiger partial charge in [-0.2, -0.15) is 4.98 Å². The van der Waals surface area contributed by atoms with Gasteiger partial charge in [-0.15, -0.1) is 0 Å². The molecule has 0 radical (unpaired) electrons. The van der Waals surface area contributed by atoms with Gasteiger partial charge in [-0.05, 0) is 43.0 Å². The van der Waals surface area contributed by atoms with E-state index in [4.69, 9.17) is 13.9 Å². The Balaban J connectivity index is 1.10. The van der Waals surface area contributed by atoms with E-state index in [9.17, 15) is 4.79 Å². The summed E-state index contributed by atoms with van der Waals surface area (Å²) in [5, 5.41) is 5.80. The van der Waals surface area contributed by atoms with Crippen molar-refractivity contribution in [2.24, 2.45) is 5.92 Å². The molecule has 1 aromatic heterocycles. The molecule has 0 unspecified atom stereocenters. The standard InChI is InChI=1S/C21H22N4O4/c26-20(23-15-5-6-18-19(11-15)28-13-27-18)22-12-14-7-9-25(10-8-14)21-24-16-3-1-2-4-17(16)29-21/h1-6,11,14H,7-10,12-13H2,(H2,22,23,26). The molecule has 2 amide bonds. The highest BCUT2D eigenvalue weighted by Crippen LogP contribution is 2.34. The molecule has 150 valence electrons. The summed E-state index contributed by atoms with van der Waals surface area (Å²) in [4.78, 5) is 18.9. The molecule has 1 fully saturated rings. The van der Waals surface area contributed by atoms with Crippen LogP contribution in [-0.4, -0.2) is 37.4 Å². The Morgan fingerprint density at radius 1 is 1.10 bits per heavy atom. The fourth-order valence-corrected chi connectivity index (χ4v) is 3.71. The Morgan fingerprint density at radius 3 is 2.79 bits per heavy atom. The minimum atomic E-state index is -0.217. The first-order valence-corrected chi connectivity index (χ1v) is 9.79. The maximum atomic E-state index is 12.2. The highest BCUT2D eigenvalue weighted by molar-refractivity contribution is 5.89. The molecule has 0 atom stereocenters. The molecule has 8 nitrogen and oxygen atoms in total. The van der Waals surface area contributed by atoms with Crippen molar-refractivity contribution in [2.45, 2.75) is 12.8 Å². The SMILES string of the molecule is O=C(NCC1CCN(c2nc3ccccc3o2)CC1)Nc1ccc2c(c1)OCO2. The van der Waals surface area contributed by atoms with Crippen LogP contribution in [0.25, 0.3) is 11.1 Å². The predicted octanol–water partition coefficient (Wildman–Crippen LogP) is 3.59. The number of carbonyl (C=O) groups excluding carboxylic acids is 1. The number of aromatic nitrogens is 1. The second-order valence-electron chi connectivity index (χ2n) is 7.30. The monoisotopic (exact) mass is 394 g/mol. The van der Waals surface area contributed by atoms with Crippen LogP contribution in [0, 0.1) is 5.92 Å². The number of amides is 2. The Bertz CT molecular complexity index is 993. The van der Waals surface area contributed by atoms with Gasteiger partial charge in [-0.25, -0.2) is 4.79 Å². The zero-order valence-corrected chi connectivity index (χ0v) is 15.9. The van der Waals surface area contributed by atoms with E-state index in [1.54, 1.807) is 18.2 Å². The van der Waals surface area contributed by atoms with Crippen molar-refractivity contribution in [3.63, 3.8) is 0 Å². The third kappa shape index (κ3) is 3.78. The molecule has 0 aliphatic carbocycles. The van der Waals surface area contributed by atoms with E-state index in [-0.39, 0.29) is 12.8 Å². The second-order valence-corrected chi connectivity index (χ2v) is 7.30. The first kappa shape index (κ1) is 17.7. The van der Waals surface area contributed by atoms with Crippen molar-refractivity contribution in [1.82, 2.24) is 10.3 Å². The van der Waals surface area contributed by atoms with Crippen LogP contribution in [0.15, 0.2) is 46.9 Å². The summed E-state index contributed by atoms with van der Waals surface area (Å²) in [6.45, 7) is 2.58. The predicted molar refractivity (Wildman–Crippen MR) is 109 cm³/mol. The Morgan fingerprint density at radius 2 is 1.93 bits per heavy atom. The first-order valence-electron chi connectivity index (χ1n) is 9.79. The summed E-state index contributed by atoms with van der Waals surface area (Å²) in [6, 6.07) is 13.6. The first-order chi connectivity index (χ1) is 14.2. The van der Waals surface area contributed by atoms with E-state index >= 15 is 0 Å². The number of nitrogens with one attached hydrogen (secondary N) is 2. The van der Waals surface area contributed by atoms with E-state index in [0.29, 0.717) is 35.7 Å². The van der Waals surface area contributed by atoms with Gasteiger partial charge in [0.15, 0.2) is 17.1 Å². The minimum Gasteiger partial charge on any atom is -0.454 e. The summed E-state index contributed by atoms with van der Waals surface area (Å²) in [7, 11) is 0. The molecule has 8 heteroatoms. The number of urea groups is 1. The molecule has 2 aliphatic rings. The molecule has 5 rings (SSSR count). The number of carbonyl (C=O) groups is 1. The van der Waals surface area contributed by atoms with Crippen LogP contribution in [0.4, 0.5) is 16.5 Å². The number of hydrogen-bond acceptors (Lipinski definition) is 6. The van der Waals surface area contributed by atoms with Crippen LogP contribution in [0.2, 0.25) is 0 Å². The zero-order valence-electron chi connectivity index (χ0n) is 15.9. The summed E-state index contributed by atoms with van der Waals surface area (Å²) in [6.07, 6.45) is 1.95. The van der Waals surface area contributed by atoms with E-state index in [2.05, 4.69) is 20.5 Å². The molecular weight excluding hydrogens is 372 g/mol. The third-order valence-corrected chi connectivity index (χ3v) is 5.35. The lowest BCUT2D eigenvalue weighted by Gasteiger charge is -2.30. The molecule has 2 aromatic carbocycles. The summed E-state index contributed by atoms with van der Waals surface area (Å²) in [5.41, 5.74) is 2.37. The Hall–Kier alpha value is -3.42. The topological polar surface area (TPSA) is 88.9 Å². The molecule has 0 spiro atoms. The van der Waals surface area contributed by atoms with Gasteiger partial charge < -0.3 is 29.4 Å². The van der Waals surface area contributed by atoms with Crippen molar-refractivity contribution in [2.75, 3.05) is 36.6 Å². The van der Waals surface area contributed by atoms with Gasteiger partial charge >= 0.3 is 6.03 Å². The van der Waals surface area contributed by atoms with Crippen molar-refractivity contribution in [1.29, 1.82) is 0 Å². The lowest BCUT2D eigenvalue weighted by Crippen LogP contribution is -2.39. The molecule has 3 aromatic rings. The number of ether oxygens (including phenoxy) is 2. The fraction of sp³-hybridized carbons (Fsp3) is 0.333. The highest BCUT2D eigenvalue weighted by Gasteiger charge is 2.23. The second kappa shape index (κ2) is 7.54. The number of rotatable bonds is 4. The van der Waals surface area contributed by atoms with Gasteiger partial charge in [-0.3, -0.25) is 0 Å². The molecule has 3 heterocycles. The molecule has 2 aliphatic heterocycles. The Kier molecular flexibility index (Phi) is 4.59. The highest BCUT2D eigenvalue weighted by atomic mass is 16.7. The van der Waals surface area contributed by atoms with Crippen molar-refractivity contribution < 1.29 is 18.7 Å².